The lowest BCUT2D eigenvalue weighted by Gasteiger charge is -2.40. The first-order valence-corrected chi connectivity index (χ1v) is 7.64. The van der Waals surface area contributed by atoms with Crippen LogP contribution in [0.15, 0.2) is 10.4 Å². The van der Waals surface area contributed by atoms with Gasteiger partial charge in [0.2, 0.25) is 0 Å². The molecule has 6 unspecified atom stereocenters. The van der Waals surface area contributed by atoms with E-state index in [1.54, 1.807) is 0 Å². The lowest BCUT2D eigenvalue weighted by molar-refractivity contribution is -0.234. The third kappa shape index (κ3) is 3.03. The second kappa shape index (κ2) is 6.60. The minimum atomic E-state index is -0.581. The van der Waals surface area contributed by atoms with Gasteiger partial charge in [0.25, 0.3) is 0 Å². The third-order valence-corrected chi connectivity index (χ3v) is 5.01. The van der Waals surface area contributed by atoms with E-state index in [-0.39, 0.29) is 12.1 Å². The molecule has 10 heteroatoms. The van der Waals surface area contributed by atoms with Gasteiger partial charge in [-0.15, -0.1) is 0 Å². The topological polar surface area (TPSA) is 133 Å². The fourth-order valence-electron chi connectivity index (χ4n) is 3.81. The number of fused-ring (bicyclic) bond motifs is 1. The minimum absolute atomic E-state index is 0.0769. The Hall–Kier alpha value is -1.04. The Labute approximate surface area is 127 Å². The monoisotopic (exact) mass is 313 g/mol. The maximum absolute atomic E-state index is 11.6. The first-order valence-electron chi connectivity index (χ1n) is 7.64. The van der Waals surface area contributed by atoms with Crippen molar-refractivity contribution in [1.29, 1.82) is 0 Å². The average Bonchev–Trinajstić information content (AvgIpc) is 2.81. The summed E-state index contributed by atoms with van der Waals surface area (Å²) in [5.41, 5.74) is 0. The summed E-state index contributed by atoms with van der Waals surface area (Å²) < 4.78 is 0. The van der Waals surface area contributed by atoms with E-state index in [0.717, 1.165) is 12.8 Å². The summed E-state index contributed by atoms with van der Waals surface area (Å²) in [6.07, 6.45) is 3.65. The van der Waals surface area contributed by atoms with Crippen LogP contribution in [0.5, 0.6) is 0 Å². The second-order valence-electron chi connectivity index (χ2n) is 6.32. The Morgan fingerprint density at radius 3 is 2.23 bits per heavy atom. The maximum atomic E-state index is 11.6. The van der Waals surface area contributed by atoms with Crippen LogP contribution < -0.4 is 5.32 Å². The van der Waals surface area contributed by atoms with E-state index in [1.165, 1.54) is 0 Å². The van der Waals surface area contributed by atoms with E-state index in [9.17, 15) is 20.2 Å². The van der Waals surface area contributed by atoms with Gasteiger partial charge in [0.15, 0.2) is 0 Å². The SMILES string of the molecule is O=NC1CCC(NC2CCC3C(C2)N([O-])ON3[O-])CC1N=O. The quantitative estimate of drug-likeness (QED) is 0.764. The molecular formula is C12H19N5O5-2. The molecule has 3 aliphatic rings. The van der Waals surface area contributed by atoms with Crippen molar-refractivity contribution in [2.45, 2.75) is 74.8 Å². The molecule has 0 aromatic rings. The van der Waals surface area contributed by atoms with E-state index >= 15 is 0 Å². The van der Waals surface area contributed by atoms with Gasteiger partial charge in [-0.3, -0.25) is 0 Å². The van der Waals surface area contributed by atoms with Crippen LogP contribution in [-0.2, 0) is 4.94 Å². The first kappa shape index (κ1) is 15.8. The zero-order chi connectivity index (χ0) is 15.7. The van der Waals surface area contributed by atoms with Crippen LogP contribution in [0, 0.1) is 20.2 Å². The van der Waals surface area contributed by atoms with Crippen LogP contribution in [0.2, 0.25) is 0 Å². The van der Waals surface area contributed by atoms with Gasteiger partial charge in [-0.1, -0.05) is 10.4 Å². The lowest BCUT2D eigenvalue weighted by Crippen LogP contribution is -2.51. The highest BCUT2D eigenvalue weighted by Crippen LogP contribution is 2.33. The van der Waals surface area contributed by atoms with Crippen molar-refractivity contribution >= 4 is 0 Å². The van der Waals surface area contributed by atoms with Crippen LogP contribution in [-0.4, -0.2) is 46.7 Å². The van der Waals surface area contributed by atoms with Crippen molar-refractivity contribution in [2.24, 2.45) is 10.4 Å². The molecule has 1 N–H and O–H groups in total. The molecule has 124 valence electrons. The molecule has 2 aliphatic carbocycles. The number of nitroso groups, excluding NO2 is 2. The molecule has 3 rings (SSSR count). The fraction of sp³-hybridized carbons (Fsp3) is 1.00. The highest BCUT2D eigenvalue weighted by Gasteiger charge is 2.40. The van der Waals surface area contributed by atoms with E-state index < -0.39 is 24.2 Å². The molecule has 6 atom stereocenters. The van der Waals surface area contributed by atoms with Crippen LogP contribution >= 0.6 is 0 Å². The molecule has 10 nitrogen and oxygen atoms in total. The Balaban J connectivity index is 1.54. The largest absolute Gasteiger partial charge is 0.760 e. The Morgan fingerprint density at radius 2 is 1.50 bits per heavy atom. The number of hydrogen-bond donors (Lipinski definition) is 1. The summed E-state index contributed by atoms with van der Waals surface area (Å²) in [5, 5.41) is 33.1. The normalized spacial score (nSPS) is 43.7. The second-order valence-corrected chi connectivity index (χ2v) is 6.32. The zero-order valence-electron chi connectivity index (χ0n) is 12.0. The molecule has 1 saturated heterocycles. The van der Waals surface area contributed by atoms with Crippen LogP contribution in [0.3, 0.4) is 0 Å². The standard InChI is InChI=1S/C12H19N5O5/c18-14-9-3-1-7(5-10(9)15-19)13-8-2-4-11-12(6-8)17(21)22-16(11)20/h7-13H,1-6H2/q-2. The predicted octanol–water partition coefficient (Wildman–Crippen LogP) is 1.15. The highest BCUT2D eigenvalue weighted by molar-refractivity contribution is 4.98. The molecule has 1 aliphatic heterocycles. The van der Waals surface area contributed by atoms with E-state index in [4.69, 9.17) is 0 Å². The van der Waals surface area contributed by atoms with Gasteiger partial charge in [-0.25, -0.2) is 15.4 Å². The summed E-state index contributed by atoms with van der Waals surface area (Å²) in [4.78, 5) is 26.0. The van der Waals surface area contributed by atoms with E-state index in [1.807, 2.05) is 0 Å². The van der Waals surface area contributed by atoms with Crippen molar-refractivity contribution in [3.63, 3.8) is 0 Å². The number of rotatable bonds is 4. The molecule has 0 aromatic heterocycles. The molecule has 0 aromatic carbocycles. The highest BCUT2D eigenvalue weighted by atomic mass is 17.1. The van der Waals surface area contributed by atoms with Crippen LogP contribution in [0.25, 0.3) is 0 Å². The fourth-order valence-corrected chi connectivity index (χ4v) is 3.81. The maximum Gasteiger partial charge on any atom is 0.119 e. The molecule has 0 radical (unpaired) electrons. The molecule has 3 fully saturated rings. The molecular weight excluding hydrogens is 294 g/mol. The number of hydrogen-bond acceptors (Lipinski definition) is 10. The summed E-state index contributed by atoms with van der Waals surface area (Å²) in [7, 11) is 0. The van der Waals surface area contributed by atoms with E-state index in [0.29, 0.717) is 36.1 Å². The van der Waals surface area contributed by atoms with E-state index in [2.05, 4.69) is 20.6 Å². The van der Waals surface area contributed by atoms with Gasteiger partial charge in [-0.2, -0.15) is 9.81 Å². The molecule has 0 amide bonds. The van der Waals surface area contributed by atoms with Crippen molar-refractivity contribution in [1.82, 2.24) is 15.8 Å². The molecule has 1 heterocycles. The molecule has 2 saturated carbocycles. The minimum Gasteiger partial charge on any atom is -0.760 e. The predicted molar refractivity (Wildman–Crippen MR) is 76.7 cm³/mol. The summed E-state index contributed by atoms with van der Waals surface area (Å²) in [6, 6.07) is -1.81. The van der Waals surface area contributed by atoms with Crippen LogP contribution in [0.4, 0.5) is 0 Å². The van der Waals surface area contributed by atoms with Gasteiger partial charge < -0.3 is 15.7 Å². The van der Waals surface area contributed by atoms with Crippen molar-refractivity contribution in [2.75, 3.05) is 0 Å². The number of nitrogens with one attached hydrogen (secondary N) is 1. The van der Waals surface area contributed by atoms with Crippen molar-refractivity contribution in [3.05, 3.63) is 20.2 Å². The van der Waals surface area contributed by atoms with Crippen molar-refractivity contribution < 1.29 is 4.94 Å². The Bertz CT molecular complexity index is 427. The smallest absolute Gasteiger partial charge is 0.119 e. The summed E-state index contributed by atoms with van der Waals surface area (Å²) >= 11 is 0. The van der Waals surface area contributed by atoms with Gasteiger partial charge in [-0.05, 0) is 38.5 Å². The van der Waals surface area contributed by atoms with Crippen molar-refractivity contribution in [3.8, 4) is 0 Å². The van der Waals surface area contributed by atoms with Gasteiger partial charge >= 0.3 is 0 Å². The molecule has 22 heavy (non-hydrogen) atoms. The van der Waals surface area contributed by atoms with Crippen LogP contribution in [0.1, 0.15) is 38.5 Å². The Kier molecular flexibility index (Phi) is 4.76. The number of hydroxylamine groups is 4. The molecule has 0 spiro atoms. The third-order valence-electron chi connectivity index (χ3n) is 5.01. The van der Waals surface area contributed by atoms with Gasteiger partial charge in [0, 0.05) is 24.2 Å². The average molecular weight is 313 g/mol. The lowest BCUT2D eigenvalue weighted by atomic mass is 9.84. The summed E-state index contributed by atoms with van der Waals surface area (Å²) in [5.74, 6) is 0. The zero-order valence-corrected chi connectivity index (χ0v) is 12.0. The summed E-state index contributed by atoms with van der Waals surface area (Å²) in [6.45, 7) is 0. The van der Waals surface area contributed by atoms with Gasteiger partial charge in [0.1, 0.15) is 12.1 Å². The molecule has 0 bridgehead atoms. The Morgan fingerprint density at radius 1 is 0.864 bits per heavy atom. The first-order chi connectivity index (χ1) is 10.6. The number of nitrogens with zero attached hydrogens (tertiary/aromatic N) is 4. The van der Waals surface area contributed by atoms with Gasteiger partial charge in [0.05, 0.1) is 0 Å².